The number of anilines is 2. The molecule has 2 unspecified atom stereocenters. The van der Waals surface area contributed by atoms with Crippen molar-refractivity contribution >= 4 is 17.5 Å². The minimum absolute atomic E-state index is 0.336. The molecule has 0 bridgehead atoms. The van der Waals surface area contributed by atoms with E-state index in [0.29, 0.717) is 35.8 Å². The van der Waals surface area contributed by atoms with Crippen LogP contribution in [-0.2, 0) is 4.74 Å². The molecule has 2 fully saturated rings. The van der Waals surface area contributed by atoms with Crippen molar-refractivity contribution in [2.24, 2.45) is 0 Å². The number of nitrogens with two attached hydrogens (primary N) is 1. The highest BCUT2D eigenvalue weighted by Crippen LogP contribution is 2.31. The van der Waals surface area contributed by atoms with Crippen molar-refractivity contribution in [1.82, 2.24) is 9.88 Å². The Balaban J connectivity index is 1.76. The van der Waals surface area contributed by atoms with E-state index in [1.54, 1.807) is 19.2 Å². The molecule has 0 aliphatic carbocycles. The molecule has 6 nitrogen and oxygen atoms in total. The zero-order chi connectivity index (χ0) is 14.8. The van der Waals surface area contributed by atoms with Gasteiger partial charge in [-0.3, -0.25) is 4.90 Å². The Bertz CT molecular complexity index is 534. The van der Waals surface area contributed by atoms with Crippen LogP contribution in [0, 0.1) is 0 Å². The largest absolute Gasteiger partial charge is 0.462 e. The zero-order valence-corrected chi connectivity index (χ0v) is 12.3. The van der Waals surface area contributed by atoms with E-state index >= 15 is 0 Å². The molecule has 3 N–H and O–H groups in total. The SMILES string of the molecule is CCOC(=O)c1ccnc(NC2CCN3CCCC23)c1N. The Morgan fingerprint density at radius 1 is 1.52 bits per heavy atom. The van der Waals surface area contributed by atoms with Crippen molar-refractivity contribution in [3.8, 4) is 0 Å². The van der Waals surface area contributed by atoms with Crippen LogP contribution in [0.15, 0.2) is 12.3 Å². The lowest BCUT2D eigenvalue weighted by Gasteiger charge is -2.22. The van der Waals surface area contributed by atoms with E-state index in [1.165, 1.54) is 19.4 Å². The van der Waals surface area contributed by atoms with Crippen LogP contribution in [-0.4, -0.2) is 47.6 Å². The molecule has 21 heavy (non-hydrogen) atoms. The van der Waals surface area contributed by atoms with Crippen LogP contribution in [0.1, 0.15) is 36.5 Å². The van der Waals surface area contributed by atoms with Gasteiger partial charge in [0.2, 0.25) is 0 Å². The molecule has 0 spiro atoms. The third kappa shape index (κ3) is 2.68. The number of rotatable bonds is 4. The molecule has 0 saturated carbocycles. The Morgan fingerprint density at radius 3 is 3.19 bits per heavy atom. The highest BCUT2D eigenvalue weighted by molar-refractivity contribution is 5.97. The molecule has 0 amide bonds. The maximum absolute atomic E-state index is 11.9. The minimum Gasteiger partial charge on any atom is -0.462 e. The standard InChI is InChI=1S/C15H22N4O2/c1-2-21-15(20)10-5-7-17-14(13(10)16)18-11-6-9-19-8-3-4-12(11)19/h5,7,11-12H,2-4,6,8-9,16H2,1H3,(H,17,18). The summed E-state index contributed by atoms with van der Waals surface area (Å²) >= 11 is 0. The first kappa shape index (κ1) is 14.1. The number of nitrogens with one attached hydrogen (secondary N) is 1. The molecule has 3 heterocycles. The van der Waals surface area contributed by atoms with E-state index < -0.39 is 5.97 Å². The van der Waals surface area contributed by atoms with Crippen LogP contribution in [0.5, 0.6) is 0 Å². The Morgan fingerprint density at radius 2 is 2.38 bits per heavy atom. The topological polar surface area (TPSA) is 80.5 Å². The predicted octanol–water partition coefficient (Wildman–Crippen LogP) is 1.49. The van der Waals surface area contributed by atoms with Crippen molar-refractivity contribution in [1.29, 1.82) is 0 Å². The van der Waals surface area contributed by atoms with Gasteiger partial charge in [0.25, 0.3) is 0 Å². The number of aromatic nitrogens is 1. The maximum Gasteiger partial charge on any atom is 0.340 e. The molecule has 3 rings (SSSR count). The van der Waals surface area contributed by atoms with Gasteiger partial charge < -0.3 is 15.8 Å². The van der Waals surface area contributed by atoms with Gasteiger partial charge in [0, 0.05) is 24.8 Å². The van der Waals surface area contributed by atoms with E-state index in [2.05, 4.69) is 15.2 Å². The van der Waals surface area contributed by atoms with Crippen LogP contribution >= 0.6 is 0 Å². The smallest absolute Gasteiger partial charge is 0.340 e. The quantitative estimate of drug-likeness (QED) is 0.818. The van der Waals surface area contributed by atoms with Gasteiger partial charge in [0.05, 0.1) is 17.9 Å². The summed E-state index contributed by atoms with van der Waals surface area (Å²) in [4.78, 5) is 18.7. The summed E-state index contributed by atoms with van der Waals surface area (Å²) in [6.07, 6.45) is 5.17. The van der Waals surface area contributed by atoms with Gasteiger partial charge in [-0.05, 0) is 38.8 Å². The van der Waals surface area contributed by atoms with Gasteiger partial charge in [0.1, 0.15) is 5.82 Å². The molecular formula is C15H22N4O2. The number of nitrogen functional groups attached to an aromatic ring is 1. The highest BCUT2D eigenvalue weighted by Gasteiger charge is 2.37. The minimum atomic E-state index is -0.394. The molecular weight excluding hydrogens is 268 g/mol. The average molecular weight is 290 g/mol. The number of esters is 1. The maximum atomic E-state index is 11.9. The van der Waals surface area contributed by atoms with Crippen molar-refractivity contribution < 1.29 is 9.53 Å². The summed E-state index contributed by atoms with van der Waals surface area (Å²) in [7, 11) is 0. The number of hydrogen-bond donors (Lipinski definition) is 2. The molecule has 1 aromatic rings. The normalized spacial score (nSPS) is 24.8. The molecule has 2 atom stereocenters. The van der Waals surface area contributed by atoms with Gasteiger partial charge in [-0.25, -0.2) is 9.78 Å². The van der Waals surface area contributed by atoms with Gasteiger partial charge in [-0.2, -0.15) is 0 Å². The first-order valence-corrected chi connectivity index (χ1v) is 7.63. The zero-order valence-electron chi connectivity index (χ0n) is 12.3. The summed E-state index contributed by atoms with van der Waals surface area (Å²) < 4.78 is 5.02. The summed E-state index contributed by atoms with van der Waals surface area (Å²) in [6, 6.07) is 2.53. The summed E-state index contributed by atoms with van der Waals surface area (Å²) in [5.41, 5.74) is 6.86. The van der Waals surface area contributed by atoms with E-state index in [-0.39, 0.29) is 0 Å². The second-order valence-electron chi connectivity index (χ2n) is 5.63. The number of carbonyl (C=O) groups excluding carboxylic acids is 1. The van der Waals surface area contributed by atoms with Crippen LogP contribution in [0.25, 0.3) is 0 Å². The van der Waals surface area contributed by atoms with Gasteiger partial charge in [-0.1, -0.05) is 0 Å². The third-order valence-electron chi connectivity index (χ3n) is 4.41. The van der Waals surface area contributed by atoms with Crippen LogP contribution in [0.2, 0.25) is 0 Å². The van der Waals surface area contributed by atoms with Crippen molar-refractivity contribution in [3.63, 3.8) is 0 Å². The Hall–Kier alpha value is -1.82. The second-order valence-corrected chi connectivity index (χ2v) is 5.63. The summed E-state index contributed by atoms with van der Waals surface area (Å²) in [6.45, 7) is 4.43. The molecule has 0 aromatic carbocycles. The van der Waals surface area contributed by atoms with E-state index in [0.717, 1.165) is 13.0 Å². The fourth-order valence-corrected chi connectivity index (χ4v) is 3.40. The number of pyridine rings is 1. The predicted molar refractivity (Wildman–Crippen MR) is 81.2 cm³/mol. The first-order chi connectivity index (χ1) is 10.2. The number of carbonyl (C=O) groups is 1. The van der Waals surface area contributed by atoms with E-state index in [4.69, 9.17) is 10.5 Å². The van der Waals surface area contributed by atoms with Crippen molar-refractivity contribution in [2.45, 2.75) is 38.3 Å². The molecule has 2 saturated heterocycles. The average Bonchev–Trinajstić information content (AvgIpc) is 3.06. The monoisotopic (exact) mass is 290 g/mol. The first-order valence-electron chi connectivity index (χ1n) is 7.63. The highest BCUT2D eigenvalue weighted by atomic mass is 16.5. The van der Waals surface area contributed by atoms with Gasteiger partial charge >= 0.3 is 5.97 Å². The number of fused-ring (bicyclic) bond motifs is 1. The second kappa shape index (κ2) is 5.89. The van der Waals surface area contributed by atoms with Crippen molar-refractivity contribution in [2.75, 3.05) is 30.7 Å². The fourth-order valence-electron chi connectivity index (χ4n) is 3.40. The fraction of sp³-hybridized carbons (Fsp3) is 0.600. The van der Waals surface area contributed by atoms with Crippen LogP contribution in [0.3, 0.4) is 0 Å². The summed E-state index contributed by atoms with van der Waals surface area (Å²) in [5, 5.41) is 3.43. The number of nitrogens with zero attached hydrogens (tertiary/aromatic N) is 2. The molecule has 0 radical (unpaired) electrons. The molecule has 114 valence electrons. The number of ether oxygens (including phenoxy) is 1. The van der Waals surface area contributed by atoms with E-state index in [9.17, 15) is 4.79 Å². The van der Waals surface area contributed by atoms with Crippen LogP contribution < -0.4 is 11.1 Å². The Labute approximate surface area is 124 Å². The Kier molecular flexibility index (Phi) is 3.96. The molecule has 2 aliphatic heterocycles. The van der Waals surface area contributed by atoms with Crippen LogP contribution in [0.4, 0.5) is 11.5 Å². The van der Waals surface area contributed by atoms with Crippen molar-refractivity contribution in [3.05, 3.63) is 17.8 Å². The molecule has 1 aromatic heterocycles. The van der Waals surface area contributed by atoms with Gasteiger partial charge in [-0.15, -0.1) is 0 Å². The third-order valence-corrected chi connectivity index (χ3v) is 4.41. The molecule has 6 heteroatoms. The number of hydrogen-bond acceptors (Lipinski definition) is 6. The lowest BCUT2D eigenvalue weighted by atomic mass is 10.1. The molecule has 2 aliphatic rings. The lowest BCUT2D eigenvalue weighted by Crippen LogP contribution is -2.34. The van der Waals surface area contributed by atoms with Gasteiger partial charge in [0.15, 0.2) is 0 Å². The lowest BCUT2D eigenvalue weighted by molar-refractivity contribution is 0.0527. The van der Waals surface area contributed by atoms with E-state index in [1.807, 2.05) is 0 Å². The summed E-state index contributed by atoms with van der Waals surface area (Å²) in [5.74, 6) is 0.202.